The monoisotopic (exact) mass is 212 g/mol. The largest absolute Gasteiger partial charge is 0.496 e. The highest BCUT2D eigenvalue weighted by Crippen LogP contribution is 2.23. The molecule has 2 aromatic rings. The molecule has 3 heteroatoms. The Morgan fingerprint density at radius 1 is 1.19 bits per heavy atom. The van der Waals surface area contributed by atoms with Gasteiger partial charge >= 0.3 is 0 Å². The highest BCUT2D eigenvalue weighted by Gasteiger charge is 2.04. The summed E-state index contributed by atoms with van der Waals surface area (Å²) in [5, 5.41) is 2.18. The summed E-state index contributed by atoms with van der Waals surface area (Å²) in [6, 6.07) is 10.0. The number of fused-ring (bicyclic) bond motifs is 1. The van der Waals surface area contributed by atoms with Gasteiger partial charge in [-0.15, -0.1) is 0 Å². The topological polar surface area (TPSA) is 26.3 Å². The fraction of sp³-hybridized carbons (Fsp3) is 0.154. The van der Waals surface area contributed by atoms with Gasteiger partial charge in [0.05, 0.1) is 12.7 Å². The maximum atomic E-state index is 10.9. The second-order valence-electron chi connectivity index (χ2n) is 3.75. The van der Waals surface area contributed by atoms with Crippen LogP contribution in [0.15, 0.2) is 30.3 Å². The smallest absolute Gasteiger partial charge is 0.154 e. The predicted molar refractivity (Wildman–Crippen MR) is 68.5 cm³/mol. The summed E-state index contributed by atoms with van der Waals surface area (Å²) in [5.41, 5.74) is 1.87. The Balaban J connectivity index is 2.68. The zero-order chi connectivity index (χ0) is 11.5. The molecular formula is C13H13BO2. The van der Waals surface area contributed by atoms with E-state index in [2.05, 4.69) is 25.0 Å². The minimum absolute atomic E-state index is 0.600. The molecule has 0 saturated carbocycles. The molecule has 0 spiro atoms. The first-order valence-electron chi connectivity index (χ1n) is 5.34. The number of ether oxygens (including phenoxy) is 1. The van der Waals surface area contributed by atoms with Crippen LogP contribution in [-0.4, -0.2) is 20.7 Å². The summed E-state index contributed by atoms with van der Waals surface area (Å²) in [7, 11) is 2.58. The Hall–Kier alpha value is -1.77. The van der Waals surface area contributed by atoms with E-state index in [1.54, 1.807) is 7.11 Å². The van der Waals surface area contributed by atoms with E-state index in [1.807, 2.05) is 12.1 Å². The molecule has 0 radical (unpaired) electrons. The molecule has 0 amide bonds. The second-order valence-corrected chi connectivity index (χ2v) is 3.75. The number of benzene rings is 2. The molecule has 2 rings (SSSR count). The molecule has 0 aliphatic rings. The van der Waals surface area contributed by atoms with Gasteiger partial charge in [-0.05, 0) is 22.9 Å². The van der Waals surface area contributed by atoms with Crippen molar-refractivity contribution in [1.29, 1.82) is 0 Å². The lowest BCUT2D eigenvalue weighted by molar-refractivity contribution is 0.112. The molecule has 2 nitrogen and oxygen atoms in total. The summed E-state index contributed by atoms with van der Waals surface area (Å²) < 4.78 is 5.17. The summed E-state index contributed by atoms with van der Waals surface area (Å²) in [5.74, 6) is 0.631. The lowest BCUT2D eigenvalue weighted by Crippen LogP contribution is -2.09. The number of methoxy groups -OCH3 is 1. The summed E-state index contributed by atoms with van der Waals surface area (Å²) in [6.45, 7) is 2.12. The van der Waals surface area contributed by atoms with Crippen molar-refractivity contribution >= 4 is 29.8 Å². The minimum Gasteiger partial charge on any atom is -0.496 e. The zero-order valence-electron chi connectivity index (χ0n) is 9.49. The standard InChI is InChI=1S/C13H13BO2/c1-14-12-4-3-9-7-13(16-2)11(8-15)5-10(9)6-12/h3-8,14H,1-2H3. The molecule has 80 valence electrons. The van der Waals surface area contributed by atoms with Crippen molar-refractivity contribution in [2.45, 2.75) is 6.82 Å². The first-order valence-corrected chi connectivity index (χ1v) is 5.34. The van der Waals surface area contributed by atoms with Gasteiger partial charge in [0.25, 0.3) is 0 Å². The summed E-state index contributed by atoms with van der Waals surface area (Å²) in [6.07, 6.45) is 0.830. The van der Waals surface area contributed by atoms with Crippen molar-refractivity contribution in [3.8, 4) is 5.75 Å². The molecule has 0 saturated heterocycles. The van der Waals surface area contributed by atoms with Gasteiger partial charge < -0.3 is 4.74 Å². The molecule has 0 aliphatic heterocycles. The number of aldehydes is 1. The summed E-state index contributed by atoms with van der Waals surface area (Å²) >= 11 is 0. The molecule has 16 heavy (non-hydrogen) atoms. The molecule has 0 aromatic heterocycles. The van der Waals surface area contributed by atoms with Gasteiger partial charge in [0.2, 0.25) is 0 Å². The number of carbonyl (C=O) groups is 1. The Morgan fingerprint density at radius 3 is 2.62 bits per heavy atom. The Labute approximate surface area is 95.5 Å². The molecule has 0 unspecified atom stereocenters. The van der Waals surface area contributed by atoms with Crippen LogP contribution in [0.5, 0.6) is 5.75 Å². The molecule has 0 bridgehead atoms. The fourth-order valence-electron chi connectivity index (χ4n) is 1.83. The van der Waals surface area contributed by atoms with Crippen LogP contribution in [0, 0.1) is 0 Å². The molecule has 0 atom stereocenters. The zero-order valence-corrected chi connectivity index (χ0v) is 9.49. The first-order chi connectivity index (χ1) is 7.78. The van der Waals surface area contributed by atoms with E-state index in [9.17, 15) is 4.79 Å². The van der Waals surface area contributed by atoms with E-state index in [1.165, 1.54) is 5.46 Å². The van der Waals surface area contributed by atoms with Gasteiger partial charge in [-0.25, -0.2) is 0 Å². The van der Waals surface area contributed by atoms with Gasteiger partial charge in [0.15, 0.2) is 13.6 Å². The van der Waals surface area contributed by atoms with Crippen LogP contribution in [0.25, 0.3) is 10.8 Å². The van der Waals surface area contributed by atoms with Gasteiger partial charge in [0, 0.05) is 0 Å². The van der Waals surface area contributed by atoms with Gasteiger partial charge in [-0.1, -0.05) is 30.5 Å². The van der Waals surface area contributed by atoms with Crippen LogP contribution < -0.4 is 10.2 Å². The van der Waals surface area contributed by atoms with Crippen molar-refractivity contribution in [2.24, 2.45) is 0 Å². The Morgan fingerprint density at radius 2 is 2.00 bits per heavy atom. The van der Waals surface area contributed by atoms with E-state index >= 15 is 0 Å². The van der Waals surface area contributed by atoms with Crippen LogP contribution in [0.3, 0.4) is 0 Å². The average molecular weight is 212 g/mol. The Kier molecular flexibility index (Phi) is 2.95. The second kappa shape index (κ2) is 4.39. The lowest BCUT2D eigenvalue weighted by Gasteiger charge is -2.07. The predicted octanol–water partition coefficient (Wildman–Crippen LogP) is 1.77. The maximum absolute atomic E-state index is 10.9. The van der Waals surface area contributed by atoms with Crippen LogP contribution in [0.2, 0.25) is 6.82 Å². The van der Waals surface area contributed by atoms with E-state index in [0.717, 1.165) is 24.3 Å². The van der Waals surface area contributed by atoms with Crippen LogP contribution in [-0.2, 0) is 0 Å². The third kappa shape index (κ3) is 1.81. The quantitative estimate of drug-likeness (QED) is 0.572. The van der Waals surface area contributed by atoms with Crippen LogP contribution in [0.1, 0.15) is 10.4 Å². The number of hydrogen-bond acceptors (Lipinski definition) is 2. The molecule has 2 aromatic carbocycles. The number of carbonyl (C=O) groups excluding carboxylic acids is 1. The van der Waals surface area contributed by atoms with Gasteiger partial charge in [-0.2, -0.15) is 0 Å². The van der Waals surface area contributed by atoms with Crippen molar-refractivity contribution in [1.82, 2.24) is 0 Å². The van der Waals surface area contributed by atoms with E-state index < -0.39 is 0 Å². The van der Waals surface area contributed by atoms with Gasteiger partial charge in [-0.3, -0.25) is 4.79 Å². The van der Waals surface area contributed by atoms with Crippen molar-refractivity contribution < 1.29 is 9.53 Å². The van der Waals surface area contributed by atoms with Crippen molar-refractivity contribution in [3.05, 3.63) is 35.9 Å². The van der Waals surface area contributed by atoms with Crippen molar-refractivity contribution in [2.75, 3.05) is 7.11 Å². The highest BCUT2D eigenvalue weighted by atomic mass is 16.5. The Bertz CT molecular complexity index is 535. The molecular weight excluding hydrogens is 199 g/mol. The molecule has 0 fully saturated rings. The van der Waals surface area contributed by atoms with Crippen molar-refractivity contribution in [3.63, 3.8) is 0 Å². The van der Waals surface area contributed by atoms with E-state index in [-0.39, 0.29) is 0 Å². The number of rotatable bonds is 3. The van der Waals surface area contributed by atoms with Crippen LogP contribution in [0.4, 0.5) is 0 Å². The molecule has 0 aliphatic carbocycles. The highest BCUT2D eigenvalue weighted by molar-refractivity contribution is 6.52. The average Bonchev–Trinajstić information content (AvgIpc) is 2.36. The number of hydrogen-bond donors (Lipinski definition) is 0. The van der Waals surface area contributed by atoms with Gasteiger partial charge in [0.1, 0.15) is 5.75 Å². The molecule has 0 heterocycles. The lowest BCUT2D eigenvalue weighted by atomic mass is 9.73. The third-order valence-corrected chi connectivity index (χ3v) is 2.79. The molecule has 0 N–H and O–H groups in total. The SMILES string of the molecule is CBc1ccc2cc(OC)c(C=O)cc2c1. The van der Waals surface area contributed by atoms with E-state index in [0.29, 0.717) is 11.3 Å². The fourth-order valence-corrected chi connectivity index (χ4v) is 1.83. The summed E-state index contributed by atoms with van der Waals surface area (Å²) in [4.78, 5) is 10.9. The first kappa shape index (κ1) is 10.7. The minimum atomic E-state index is 0.600. The normalized spacial score (nSPS) is 10.1. The third-order valence-electron chi connectivity index (χ3n) is 2.79. The maximum Gasteiger partial charge on any atom is 0.154 e. The van der Waals surface area contributed by atoms with E-state index in [4.69, 9.17) is 4.74 Å². The van der Waals surface area contributed by atoms with Crippen LogP contribution >= 0.6 is 0 Å².